The van der Waals surface area contributed by atoms with Crippen molar-refractivity contribution in [3.05, 3.63) is 47.8 Å². The van der Waals surface area contributed by atoms with Gasteiger partial charge >= 0.3 is 18.4 Å². The summed E-state index contributed by atoms with van der Waals surface area (Å²) < 4.78 is 105. The molecule has 0 spiro atoms. The van der Waals surface area contributed by atoms with Crippen molar-refractivity contribution in [1.82, 2.24) is 20.1 Å². The van der Waals surface area contributed by atoms with Crippen LogP contribution in [0.1, 0.15) is 36.6 Å². The van der Waals surface area contributed by atoms with Gasteiger partial charge in [-0.1, -0.05) is 0 Å². The molecule has 6 rings (SSSR count). The number of pyridine rings is 1. The van der Waals surface area contributed by atoms with Gasteiger partial charge in [-0.2, -0.15) is 26.3 Å². The first-order chi connectivity index (χ1) is 18.2. The van der Waals surface area contributed by atoms with Crippen molar-refractivity contribution >= 4 is 22.7 Å². The van der Waals surface area contributed by atoms with Gasteiger partial charge in [-0.3, -0.25) is 4.98 Å². The molecule has 208 valence electrons. The Labute approximate surface area is 215 Å². The van der Waals surface area contributed by atoms with Crippen molar-refractivity contribution in [2.75, 3.05) is 31.1 Å². The number of piperidine rings is 2. The van der Waals surface area contributed by atoms with E-state index in [4.69, 9.17) is 9.52 Å². The number of fused-ring (bicyclic) bond motifs is 2. The van der Waals surface area contributed by atoms with Gasteiger partial charge in [0.1, 0.15) is 5.41 Å². The number of alkyl halides is 7. The van der Waals surface area contributed by atoms with Crippen molar-refractivity contribution in [3.8, 4) is 0 Å². The van der Waals surface area contributed by atoms with Gasteiger partial charge in [0.05, 0.1) is 16.5 Å². The van der Waals surface area contributed by atoms with E-state index in [1.54, 1.807) is 0 Å². The van der Waals surface area contributed by atoms with Crippen LogP contribution < -0.4 is 4.90 Å². The zero-order valence-electron chi connectivity index (χ0n) is 20.0. The van der Waals surface area contributed by atoms with Crippen LogP contribution in [-0.2, 0) is 17.3 Å². The van der Waals surface area contributed by atoms with E-state index in [9.17, 15) is 31.1 Å². The molecule has 2 saturated heterocycles. The predicted molar refractivity (Wildman–Crippen MR) is 120 cm³/mol. The Morgan fingerprint density at radius 2 is 1.69 bits per heavy atom. The Morgan fingerprint density at radius 3 is 2.33 bits per heavy atom. The number of aromatic nitrogens is 3. The Kier molecular flexibility index (Phi) is 5.22. The van der Waals surface area contributed by atoms with E-state index in [1.165, 1.54) is 23.2 Å². The third-order valence-electron chi connectivity index (χ3n) is 8.30. The molecule has 1 aliphatic carbocycles. The molecule has 3 fully saturated rings. The molecule has 1 aromatic carbocycles. The number of hydrogen-bond donors (Lipinski definition) is 1. The lowest BCUT2D eigenvalue weighted by atomic mass is 9.93. The zero-order valence-corrected chi connectivity index (χ0v) is 20.0. The zero-order chi connectivity index (χ0) is 28.0. The first-order valence-corrected chi connectivity index (χ1v) is 12.0. The molecule has 4 heterocycles. The highest BCUT2D eigenvalue weighted by Crippen LogP contribution is 2.75. The minimum absolute atomic E-state index is 0.0419. The molecule has 1 N–H and O–H groups in total. The highest BCUT2D eigenvalue weighted by molar-refractivity contribution is 5.94. The summed E-state index contributed by atoms with van der Waals surface area (Å²) in [4.78, 5) is 17.3. The van der Waals surface area contributed by atoms with Crippen LogP contribution in [-0.4, -0.2) is 63.6 Å². The number of halogens is 7. The summed E-state index contributed by atoms with van der Waals surface area (Å²) in [5, 5.41) is 16.7. The van der Waals surface area contributed by atoms with Crippen LogP contribution in [0, 0.1) is 5.41 Å². The summed E-state index contributed by atoms with van der Waals surface area (Å²) in [7, 11) is 0. The molecule has 15 heteroatoms. The number of benzene rings is 1. The number of amides is 1. The molecule has 1 amide bonds. The summed E-state index contributed by atoms with van der Waals surface area (Å²) in [6, 6.07) is 4.69. The van der Waals surface area contributed by atoms with E-state index in [2.05, 4.69) is 15.2 Å². The Morgan fingerprint density at radius 1 is 1.00 bits per heavy atom. The summed E-state index contributed by atoms with van der Waals surface area (Å²) in [6.07, 6.45) is -10.5. The Balaban J connectivity index is 1.36. The molecule has 0 bridgehead atoms. The molecule has 0 radical (unpaired) electrons. The minimum Gasteiger partial charge on any atom is -0.465 e. The Hall–Kier alpha value is -3.65. The van der Waals surface area contributed by atoms with Crippen molar-refractivity contribution < 1.29 is 45.1 Å². The Bertz CT molecular complexity index is 1470. The standard InChI is InChI=1S/C24H20F7N5O3/c25-21(5-8-35(9-6-21)19(37)38)18-34-33-17(39-18)20-10-22(20,24(29,30)31)12-36(11-20)15-4-3-14(23(26,27)28)16-13(15)2-1-7-32-16/h1-4,7H,5-6,8-12H2,(H,37,38)/t20-,22-/m0/s1. The smallest absolute Gasteiger partial charge is 0.418 e. The van der Waals surface area contributed by atoms with Gasteiger partial charge < -0.3 is 19.3 Å². The van der Waals surface area contributed by atoms with Gasteiger partial charge in [0.15, 0.2) is 5.67 Å². The third-order valence-corrected chi connectivity index (χ3v) is 8.30. The fourth-order valence-corrected chi connectivity index (χ4v) is 6.10. The average Bonchev–Trinajstić information content (AvgIpc) is 3.19. The lowest BCUT2D eigenvalue weighted by Crippen LogP contribution is -2.42. The lowest BCUT2D eigenvalue weighted by Gasteiger charge is -2.32. The van der Waals surface area contributed by atoms with Gasteiger partial charge in [-0.15, -0.1) is 10.2 Å². The van der Waals surface area contributed by atoms with Crippen LogP contribution in [0.15, 0.2) is 34.9 Å². The van der Waals surface area contributed by atoms with Gasteiger partial charge in [0, 0.05) is 56.3 Å². The summed E-state index contributed by atoms with van der Waals surface area (Å²) in [6.45, 7) is -1.17. The largest absolute Gasteiger partial charge is 0.465 e. The molecular formula is C24H20F7N5O3. The maximum atomic E-state index is 15.6. The van der Waals surface area contributed by atoms with Gasteiger partial charge in [0.25, 0.3) is 5.89 Å². The topological polar surface area (TPSA) is 95.6 Å². The highest BCUT2D eigenvalue weighted by Gasteiger charge is 2.86. The molecular weight excluding hydrogens is 539 g/mol. The monoisotopic (exact) mass is 559 g/mol. The van der Waals surface area contributed by atoms with E-state index >= 15 is 4.39 Å². The fraction of sp³-hybridized carbons (Fsp3) is 0.500. The molecule has 2 atom stereocenters. The molecule has 3 aliphatic rings. The number of rotatable bonds is 3. The van der Waals surface area contributed by atoms with Crippen molar-refractivity contribution in [2.45, 2.75) is 42.7 Å². The molecule has 8 nitrogen and oxygen atoms in total. The highest BCUT2D eigenvalue weighted by atomic mass is 19.4. The number of likely N-dealkylation sites (tertiary alicyclic amines) is 1. The van der Waals surface area contributed by atoms with Crippen LogP contribution in [0.4, 0.5) is 41.2 Å². The summed E-state index contributed by atoms with van der Waals surface area (Å²) >= 11 is 0. The number of hydrogen-bond acceptors (Lipinski definition) is 6. The van der Waals surface area contributed by atoms with E-state index in [1.807, 2.05) is 0 Å². The van der Waals surface area contributed by atoms with Crippen molar-refractivity contribution in [1.29, 1.82) is 0 Å². The normalized spacial score (nSPS) is 26.6. The quantitative estimate of drug-likeness (QED) is 0.436. The molecule has 2 aliphatic heterocycles. The average molecular weight is 559 g/mol. The van der Waals surface area contributed by atoms with Crippen LogP contribution in [0.5, 0.6) is 0 Å². The van der Waals surface area contributed by atoms with Crippen LogP contribution in [0.3, 0.4) is 0 Å². The van der Waals surface area contributed by atoms with Gasteiger partial charge in [0.2, 0.25) is 5.89 Å². The second-order valence-electron chi connectivity index (χ2n) is 10.4. The SMILES string of the molecule is O=C(O)N1CCC(F)(c2nnc([C@]34CN(c5ccc(C(F)(F)F)c6ncccc56)C[C@@]3(C(F)(F)F)C4)o2)CC1. The molecule has 2 aromatic heterocycles. The lowest BCUT2D eigenvalue weighted by molar-refractivity contribution is -0.187. The van der Waals surface area contributed by atoms with Crippen LogP contribution >= 0.6 is 0 Å². The number of carbonyl (C=O) groups is 1. The van der Waals surface area contributed by atoms with Gasteiger partial charge in [-0.05, 0) is 30.7 Å². The van der Waals surface area contributed by atoms with E-state index in [-0.39, 0.29) is 49.1 Å². The van der Waals surface area contributed by atoms with Gasteiger partial charge in [-0.25, -0.2) is 9.18 Å². The first-order valence-electron chi connectivity index (χ1n) is 12.0. The maximum Gasteiger partial charge on any atom is 0.418 e. The third kappa shape index (κ3) is 3.64. The minimum atomic E-state index is -4.73. The number of anilines is 1. The molecule has 1 saturated carbocycles. The maximum absolute atomic E-state index is 15.6. The second kappa shape index (κ2) is 7.94. The molecule has 39 heavy (non-hydrogen) atoms. The molecule has 3 aromatic rings. The van der Waals surface area contributed by atoms with E-state index in [0.29, 0.717) is 0 Å². The van der Waals surface area contributed by atoms with E-state index < -0.39 is 65.3 Å². The first kappa shape index (κ1) is 25.6. The number of nitrogens with zero attached hydrogens (tertiary/aromatic N) is 5. The summed E-state index contributed by atoms with van der Waals surface area (Å²) in [5.74, 6) is -0.910. The fourth-order valence-electron chi connectivity index (χ4n) is 6.10. The predicted octanol–water partition coefficient (Wildman–Crippen LogP) is 5.29. The van der Waals surface area contributed by atoms with Crippen molar-refractivity contribution in [2.24, 2.45) is 5.41 Å². The number of carboxylic acid groups (broad SMARTS) is 1. The van der Waals surface area contributed by atoms with Crippen LogP contribution in [0.2, 0.25) is 0 Å². The summed E-state index contributed by atoms with van der Waals surface area (Å²) in [5.41, 5.74) is -7.48. The van der Waals surface area contributed by atoms with E-state index in [0.717, 1.165) is 17.0 Å². The van der Waals surface area contributed by atoms with Crippen LogP contribution in [0.25, 0.3) is 10.9 Å². The van der Waals surface area contributed by atoms with Crippen molar-refractivity contribution in [3.63, 3.8) is 0 Å². The molecule has 0 unspecified atom stereocenters. The second-order valence-corrected chi connectivity index (χ2v) is 10.4.